The number of hydrogen-bond donors (Lipinski definition) is 2. The van der Waals surface area contributed by atoms with Crippen LogP contribution in [0.2, 0.25) is 0 Å². The molecule has 4 N–H and O–H groups in total. The second kappa shape index (κ2) is 9.63. The van der Waals surface area contributed by atoms with Gasteiger partial charge in [0.05, 0.1) is 0 Å². The van der Waals surface area contributed by atoms with Crippen molar-refractivity contribution in [3.05, 3.63) is 0 Å². The van der Waals surface area contributed by atoms with Gasteiger partial charge in [0.2, 0.25) is 9.23 Å². The molecule has 6 nitrogen and oxygen atoms in total. The van der Waals surface area contributed by atoms with Gasteiger partial charge in [-0.15, -0.1) is 0 Å². The van der Waals surface area contributed by atoms with Crippen LogP contribution in [-0.4, -0.2) is 31.8 Å². The summed E-state index contributed by atoms with van der Waals surface area (Å²) >= 11 is 0. The maximum absolute atomic E-state index is 9.10. The van der Waals surface area contributed by atoms with E-state index in [9.17, 15) is 0 Å². The molecule has 0 fully saturated rings. The molecule has 0 heterocycles. The van der Waals surface area contributed by atoms with Crippen molar-refractivity contribution in [2.24, 2.45) is 0 Å². The SMILES string of the molecule is O.O=C(O)C(=O)O.O=S(Cl)Cl. The van der Waals surface area contributed by atoms with Gasteiger partial charge in [0.25, 0.3) is 0 Å². The van der Waals surface area contributed by atoms with E-state index in [-0.39, 0.29) is 5.48 Å². The third-order valence-electron chi connectivity index (χ3n) is 0.183. The lowest BCUT2D eigenvalue weighted by Gasteiger charge is -1.72. The summed E-state index contributed by atoms with van der Waals surface area (Å²) in [5.41, 5.74) is 0. The smallest absolute Gasteiger partial charge is 0.414 e. The maximum Gasteiger partial charge on any atom is 0.414 e. The number of hydrogen-bond acceptors (Lipinski definition) is 3. The molecule has 0 aliphatic carbocycles. The first kappa shape index (κ1) is 16.9. The Bertz CT molecular complexity index is 141. The predicted molar refractivity (Wildman–Crippen MR) is 38.7 cm³/mol. The number of carbonyl (C=O) groups is 2. The molecule has 68 valence electrons. The van der Waals surface area contributed by atoms with Gasteiger partial charge in [-0.05, 0) is 0 Å². The lowest BCUT2D eigenvalue weighted by molar-refractivity contribution is -0.159. The molecule has 0 atom stereocenters. The van der Waals surface area contributed by atoms with Gasteiger partial charge >= 0.3 is 11.9 Å². The van der Waals surface area contributed by atoms with Crippen molar-refractivity contribution in [2.75, 3.05) is 0 Å². The standard InChI is InChI=1S/C2H2O4.Cl2OS.H2O/c3-1(4)2(5)6;1-4(2)3;/h(H,3,4)(H,5,6);;1H2. The van der Waals surface area contributed by atoms with Crippen LogP contribution in [0, 0.1) is 0 Å². The summed E-state index contributed by atoms with van der Waals surface area (Å²) in [7, 11) is 7.36. The summed E-state index contributed by atoms with van der Waals surface area (Å²) in [6.07, 6.45) is 0. The molecule has 0 rings (SSSR count). The van der Waals surface area contributed by atoms with Crippen molar-refractivity contribution >= 4 is 42.5 Å². The summed E-state index contributed by atoms with van der Waals surface area (Å²) in [6, 6.07) is 0. The van der Waals surface area contributed by atoms with Gasteiger partial charge in [-0.1, -0.05) is 0 Å². The van der Waals surface area contributed by atoms with Crippen LogP contribution < -0.4 is 0 Å². The Morgan fingerprint density at radius 3 is 1.18 bits per heavy atom. The molecule has 0 amide bonds. The van der Waals surface area contributed by atoms with Crippen molar-refractivity contribution in [1.29, 1.82) is 0 Å². The first-order valence-corrected chi connectivity index (χ1v) is 4.38. The minimum absolute atomic E-state index is 0. The Labute approximate surface area is 72.5 Å². The minimum Gasteiger partial charge on any atom is -0.473 e. The van der Waals surface area contributed by atoms with Crippen LogP contribution >= 0.6 is 21.4 Å². The highest BCUT2D eigenvalue weighted by Crippen LogP contribution is 1.89. The maximum atomic E-state index is 9.10. The van der Waals surface area contributed by atoms with E-state index in [0.29, 0.717) is 0 Å². The van der Waals surface area contributed by atoms with Gasteiger partial charge in [-0.3, -0.25) is 0 Å². The Morgan fingerprint density at radius 1 is 1.09 bits per heavy atom. The Kier molecular flexibility index (Phi) is 14.8. The molecule has 0 aromatic rings. The summed E-state index contributed by atoms with van der Waals surface area (Å²) in [5, 5.41) is 14.8. The molecule has 0 unspecified atom stereocenters. The fourth-order valence-electron chi connectivity index (χ4n) is 0. The number of carboxylic acid groups (broad SMARTS) is 2. The molecule has 0 bridgehead atoms. The van der Waals surface area contributed by atoms with Crippen molar-refractivity contribution in [3.63, 3.8) is 0 Å². The van der Waals surface area contributed by atoms with E-state index in [1.54, 1.807) is 0 Å². The van der Waals surface area contributed by atoms with E-state index in [1.165, 1.54) is 0 Å². The molecular formula is C2H4Cl2O6S. The highest BCUT2D eigenvalue weighted by molar-refractivity contribution is 8.26. The topological polar surface area (TPSA) is 123 Å². The molecule has 0 radical (unpaired) electrons. The lowest BCUT2D eigenvalue weighted by Crippen LogP contribution is -2.09. The van der Waals surface area contributed by atoms with Crippen molar-refractivity contribution in [1.82, 2.24) is 0 Å². The van der Waals surface area contributed by atoms with Gasteiger partial charge < -0.3 is 15.7 Å². The third-order valence-corrected chi connectivity index (χ3v) is 0.183. The van der Waals surface area contributed by atoms with Gasteiger partial charge in [-0.25, -0.2) is 13.8 Å². The average molecular weight is 227 g/mol. The van der Waals surface area contributed by atoms with Gasteiger partial charge in [0, 0.05) is 21.4 Å². The van der Waals surface area contributed by atoms with Crippen LogP contribution in [0.1, 0.15) is 0 Å². The van der Waals surface area contributed by atoms with E-state index in [4.69, 9.17) is 24.0 Å². The molecule has 9 heteroatoms. The van der Waals surface area contributed by atoms with Crippen molar-refractivity contribution < 1.29 is 29.5 Å². The summed E-state index contributed by atoms with van der Waals surface area (Å²) in [6.45, 7) is 0. The predicted octanol–water partition coefficient (Wildman–Crippen LogP) is -0.626. The molecular weight excluding hydrogens is 223 g/mol. The first-order chi connectivity index (χ1) is 4.37. The third kappa shape index (κ3) is 42.5. The quantitative estimate of drug-likeness (QED) is 0.421. The zero-order valence-corrected chi connectivity index (χ0v) is 7.11. The second-order valence-corrected chi connectivity index (χ2v) is 3.32. The largest absolute Gasteiger partial charge is 0.473 e. The molecule has 0 aromatic heterocycles. The highest BCUT2D eigenvalue weighted by atomic mass is 36.0. The summed E-state index contributed by atoms with van der Waals surface area (Å²) in [5.74, 6) is -3.65. The minimum atomic E-state index is -1.82. The Morgan fingerprint density at radius 2 is 1.18 bits per heavy atom. The van der Waals surface area contributed by atoms with Crippen LogP contribution in [0.5, 0.6) is 0 Å². The monoisotopic (exact) mass is 226 g/mol. The normalized spacial score (nSPS) is 7.18. The van der Waals surface area contributed by atoms with Crippen LogP contribution in [0.15, 0.2) is 0 Å². The zero-order valence-electron chi connectivity index (χ0n) is 4.78. The fraction of sp³-hybridized carbons (Fsp3) is 0. The lowest BCUT2D eigenvalue weighted by atomic mass is 10.7. The molecule has 0 saturated carbocycles. The second-order valence-electron chi connectivity index (χ2n) is 0.795. The molecule has 11 heavy (non-hydrogen) atoms. The van der Waals surface area contributed by atoms with E-state index < -0.39 is 21.2 Å². The molecule has 0 aliphatic heterocycles. The average Bonchev–Trinajstić information content (AvgIpc) is 1.63. The van der Waals surface area contributed by atoms with Crippen LogP contribution in [0.4, 0.5) is 0 Å². The van der Waals surface area contributed by atoms with Crippen LogP contribution in [0.3, 0.4) is 0 Å². The first-order valence-electron chi connectivity index (χ1n) is 1.58. The fourth-order valence-corrected chi connectivity index (χ4v) is 0. The van der Waals surface area contributed by atoms with E-state index >= 15 is 0 Å². The Hall–Kier alpha value is -0.370. The highest BCUT2D eigenvalue weighted by Gasteiger charge is 2.04. The number of carboxylic acids is 2. The molecule has 0 aliphatic rings. The number of rotatable bonds is 0. The zero-order chi connectivity index (χ0) is 8.73. The van der Waals surface area contributed by atoms with Crippen LogP contribution in [0.25, 0.3) is 0 Å². The van der Waals surface area contributed by atoms with E-state index in [2.05, 4.69) is 21.4 Å². The van der Waals surface area contributed by atoms with Gasteiger partial charge in [0.15, 0.2) is 0 Å². The summed E-state index contributed by atoms with van der Waals surface area (Å²) < 4.78 is 9.09. The van der Waals surface area contributed by atoms with Crippen molar-refractivity contribution in [2.45, 2.75) is 0 Å². The van der Waals surface area contributed by atoms with Gasteiger partial charge in [-0.2, -0.15) is 0 Å². The van der Waals surface area contributed by atoms with E-state index in [0.717, 1.165) is 0 Å². The number of halogens is 2. The molecule has 0 saturated heterocycles. The molecule has 0 aromatic carbocycles. The van der Waals surface area contributed by atoms with Crippen molar-refractivity contribution in [3.8, 4) is 0 Å². The molecule has 0 spiro atoms. The Balaban J connectivity index is -0.000000114. The van der Waals surface area contributed by atoms with Gasteiger partial charge in [0.1, 0.15) is 0 Å². The summed E-state index contributed by atoms with van der Waals surface area (Å²) in [4.78, 5) is 18.2. The van der Waals surface area contributed by atoms with E-state index in [1.807, 2.05) is 0 Å². The number of aliphatic carboxylic acids is 2. The van der Waals surface area contributed by atoms with Crippen LogP contribution in [-0.2, 0) is 18.8 Å².